The van der Waals surface area contributed by atoms with Crippen molar-refractivity contribution in [3.63, 3.8) is 0 Å². The molecule has 0 amide bonds. The van der Waals surface area contributed by atoms with Crippen molar-refractivity contribution in [3.8, 4) is 0 Å². The molecule has 1 saturated heterocycles. The molecular weight excluding hydrogens is 228 g/mol. The second kappa shape index (κ2) is 6.11. The topological polar surface area (TPSA) is 52.5 Å². The molecule has 5 nitrogen and oxygen atoms in total. The largest absolute Gasteiger partial charge is 0.395 e. The Labute approximate surface area is 108 Å². The Kier molecular flexibility index (Phi) is 4.49. The zero-order chi connectivity index (χ0) is 13.0. The molecule has 100 valence electrons. The van der Waals surface area contributed by atoms with Gasteiger partial charge in [-0.25, -0.2) is 4.98 Å². The summed E-state index contributed by atoms with van der Waals surface area (Å²) in [5.41, 5.74) is 0.965. The summed E-state index contributed by atoms with van der Waals surface area (Å²) in [5.74, 6) is 0.985. The molecule has 1 aliphatic heterocycles. The van der Waals surface area contributed by atoms with E-state index in [1.807, 2.05) is 13.1 Å². The molecule has 0 aromatic carbocycles. The Morgan fingerprint density at radius 1 is 1.39 bits per heavy atom. The summed E-state index contributed by atoms with van der Waals surface area (Å²) < 4.78 is 0. The zero-order valence-corrected chi connectivity index (χ0v) is 11.2. The molecule has 0 saturated carbocycles. The highest BCUT2D eigenvalue weighted by Gasteiger charge is 2.22. The first kappa shape index (κ1) is 13.2. The molecule has 0 radical (unpaired) electrons. The van der Waals surface area contributed by atoms with Gasteiger partial charge in [-0.3, -0.25) is 4.98 Å². The normalized spacial score (nSPS) is 17.4. The van der Waals surface area contributed by atoms with Crippen LogP contribution < -0.4 is 4.90 Å². The van der Waals surface area contributed by atoms with Crippen molar-refractivity contribution in [3.05, 3.63) is 18.1 Å². The number of hydrogen-bond acceptors (Lipinski definition) is 5. The fourth-order valence-corrected chi connectivity index (χ4v) is 2.48. The minimum absolute atomic E-state index is 0.236. The van der Waals surface area contributed by atoms with E-state index in [4.69, 9.17) is 5.11 Å². The molecule has 2 rings (SSSR count). The van der Waals surface area contributed by atoms with Crippen LogP contribution in [0.1, 0.15) is 18.5 Å². The van der Waals surface area contributed by atoms with E-state index in [2.05, 4.69) is 26.8 Å². The molecule has 18 heavy (non-hydrogen) atoms. The van der Waals surface area contributed by atoms with Crippen LogP contribution in [0.15, 0.2) is 12.4 Å². The molecular formula is C13H22N4O. The van der Waals surface area contributed by atoms with Gasteiger partial charge in [-0.2, -0.15) is 0 Å². The van der Waals surface area contributed by atoms with Crippen LogP contribution in [0.4, 0.5) is 5.82 Å². The quantitative estimate of drug-likeness (QED) is 0.851. The summed E-state index contributed by atoms with van der Waals surface area (Å²) in [6.07, 6.45) is 5.86. The maximum absolute atomic E-state index is 8.96. The monoisotopic (exact) mass is 250 g/mol. The van der Waals surface area contributed by atoms with Crippen LogP contribution in [0.25, 0.3) is 0 Å². The second-order valence-electron chi connectivity index (χ2n) is 4.94. The maximum Gasteiger partial charge on any atom is 0.147 e. The van der Waals surface area contributed by atoms with E-state index in [1.165, 1.54) is 0 Å². The number of aliphatic hydroxyl groups excluding tert-OH is 1. The lowest BCUT2D eigenvalue weighted by Gasteiger charge is -2.37. The Bertz CT molecular complexity index is 377. The lowest BCUT2D eigenvalue weighted by molar-refractivity contribution is 0.161. The summed E-state index contributed by atoms with van der Waals surface area (Å²) in [4.78, 5) is 13.3. The highest BCUT2D eigenvalue weighted by Crippen LogP contribution is 2.19. The Morgan fingerprint density at radius 3 is 2.72 bits per heavy atom. The standard InChI is InChI=1S/C13H22N4O/c1-11-9-14-10-13(15-11)17-5-3-12(4-6-17)16(2)7-8-18/h9-10,12,18H,3-8H2,1-2H3. The van der Waals surface area contributed by atoms with Crippen LogP contribution in [0.2, 0.25) is 0 Å². The number of piperidine rings is 1. The van der Waals surface area contributed by atoms with Crippen LogP contribution in [0.3, 0.4) is 0 Å². The third-order valence-corrected chi connectivity index (χ3v) is 3.61. The van der Waals surface area contributed by atoms with Crippen LogP contribution in [0, 0.1) is 6.92 Å². The van der Waals surface area contributed by atoms with Crippen molar-refractivity contribution >= 4 is 5.82 Å². The predicted octanol–water partition coefficient (Wildman–Crippen LogP) is 0.678. The fourth-order valence-electron chi connectivity index (χ4n) is 2.48. The van der Waals surface area contributed by atoms with Gasteiger partial charge in [0.05, 0.1) is 18.5 Å². The Morgan fingerprint density at radius 2 is 2.11 bits per heavy atom. The van der Waals surface area contributed by atoms with Crippen molar-refractivity contribution in [1.82, 2.24) is 14.9 Å². The molecule has 0 aliphatic carbocycles. The van der Waals surface area contributed by atoms with Crippen molar-refractivity contribution < 1.29 is 5.11 Å². The van der Waals surface area contributed by atoms with E-state index in [-0.39, 0.29) is 6.61 Å². The zero-order valence-electron chi connectivity index (χ0n) is 11.2. The van der Waals surface area contributed by atoms with Gasteiger partial charge in [-0.05, 0) is 26.8 Å². The minimum atomic E-state index is 0.236. The van der Waals surface area contributed by atoms with Crippen molar-refractivity contribution in [1.29, 1.82) is 0 Å². The first-order valence-corrected chi connectivity index (χ1v) is 6.55. The maximum atomic E-state index is 8.96. The molecule has 1 fully saturated rings. The van der Waals surface area contributed by atoms with Crippen molar-refractivity contribution in [2.24, 2.45) is 0 Å². The Hall–Kier alpha value is -1.20. The number of aliphatic hydroxyl groups is 1. The number of rotatable bonds is 4. The molecule has 0 spiro atoms. The fraction of sp³-hybridized carbons (Fsp3) is 0.692. The van der Waals surface area contributed by atoms with Gasteiger partial charge >= 0.3 is 0 Å². The van der Waals surface area contributed by atoms with Gasteiger partial charge in [-0.1, -0.05) is 0 Å². The SMILES string of the molecule is Cc1cncc(N2CCC(N(C)CCO)CC2)n1. The number of nitrogens with zero attached hydrogens (tertiary/aromatic N) is 4. The minimum Gasteiger partial charge on any atom is -0.395 e. The Balaban J connectivity index is 1.90. The van der Waals surface area contributed by atoms with E-state index in [1.54, 1.807) is 6.20 Å². The predicted molar refractivity (Wildman–Crippen MR) is 71.7 cm³/mol. The molecule has 1 aromatic rings. The van der Waals surface area contributed by atoms with E-state index in [9.17, 15) is 0 Å². The number of hydrogen-bond donors (Lipinski definition) is 1. The summed E-state index contributed by atoms with van der Waals surface area (Å²) >= 11 is 0. The third-order valence-electron chi connectivity index (χ3n) is 3.61. The number of aryl methyl sites for hydroxylation is 1. The van der Waals surface area contributed by atoms with Crippen LogP contribution in [-0.2, 0) is 0 Å². The van der Waals surface area contributed by atoms with Gasteiger partial charge in [0.2, 0.25) is 0 Å². The van der Waals surface area contributed by atoms with Crippen LogP contribution in [0.5, 0.6) is 0 Å². The lowest BCUT2D eigenvalue weighted by atomic mass is 10.0. The highest BCUT2D eigenvalue weighted by molar-refractivity contribution is 5.36. The molecule has 1 aromatic heterocycles. The summed E-state index contributed by atoms with van der Waals surface area (Å²) in [5, 5.41) is 8.96. The van der Waals surface area contributed by atoms with Crippen LogP contribution >= 0.6 is 0 Å². The van der Waals surface area contributed by atoms with Gasteiger partial charge in [-0.15, -0.1) is 0 Å². The van der Waals surface area contributed by atoms with Gasteiger partial charge in [0.25, 0.3) is 0 Å². The van der Waals surface area contributed by atoms with E-state index in [0.29, 0.717) is 6.04 Å². The van der Waals surface area contributed by atoms with E-state index in [0.717, 1.165) is 44.0 Å². The molecule has 1 aliphatic rings. The third kappa shape index (κ3) is 3.17. The van der Waals surface area contributed by atoms with Gasteiger partial charge in [0.1, 0.15) is 5.82 Å². The summed E-state index contributed by atoms with van der Waals surface area (Å²) in [6.45, 7) is 4.99. The van der Waals surface area contributed by atoms with Gasteiger partial charge < -0.3 is 14.9 Å². The molecule has 0 unspecified atom stereocenters. The summed E-state index contributed by atoms with van der Waals surface area (Å²) in [7, 11) is 2.09. The second-order valence-corrected chi connectivity index (χ2v) is 4.94. The van der Waals surface area contributed by atoms with Crippen molar-refractivity contribution in [2.45, 2.75) is 25.8 Å². The van der Waals surface area contributed by atoms with E-state index < -0.39 is 0 Å². The number of anilines is 1. The lowest BCUT2D eigenvalue weighted by Crippen LogP contribution is -2.44. The summed E-state index contributed by atoms with van der Waals surface area (Å²) in [6, 6.07) is 0.575. The van der Waals surface area contributed by atoms with E-state index >= 15 is 0 Å². The van der Waals surface area contributed by atoms with Crippen LogP contribution in [-0.4, -0.2) is 59.3 Å². The average molecular weight is 250 g/mol. The van der Waals surface area contributed by atoms with Gasteiger partial charge in [0.15, 0.2) is 0 Å². The first-order valence-electron chi connectivity index (χ1n) is 6.55. The molecule has 5 heteroatoms. The first-order chi connectivity index (χ1) is 8.70. The molecule has 0 bridgehead atoms. The number of aromatic nitrogens is 2. The highest BCUT2D eigenvalue weighted by atomic mass is 16.3. The smallest absolute Gasteiger partial charge is 0.147 e. The molecule has 2 heterocycles. The average Bonchev–Trinajstić information content (AvgIpc) is 2.39. The van der Waals surface area contributed by atoms with Gasteiger partial charge in [0, 0.05) is 31.9 Å². The number of likely N-dealkylation sites (N-methyl/N-ethyl adjacent to an activating group) is 1. The van der Waals surface area contributed by atoms with Crippen molar-refractivity contribution in [2.75, 3.05) is 38.2 Å². The molecule has 0 atom stereocenters. The molecule has 1 N–H and O–H groups in total.